The number of carboxylic acids is 1. The van der Waals surface area contributed by atoms with Crippen molar-refractivity contribution in [3.05, 3.63) is 34.5 Å². The highest BCUT2D eigenvalue weighted by Gasteiger charge is 2.19. The van der Waals surface area contributed by atoms with Crippen molar-refractivity contribution in [2.24, 2.45) is 7.05 Å². The Morgan fingerprint density at radius 3 is 2.95 bits per heavy atom. The number of aryl methyl sites for hydroxylation is 1. The van der Waals surface area contributed by atoms with E-state index in [1.54, 1.807) is 19.2 Å². The molecule has 2 aromatic rings. The molecule has 6 nitrogen and oxygen atoms in total. The minimum absolute atomic E-state index is 0.0273. The number of hydrogen-bond donors (Lipinski definition) is 1. The van der Waals surface area contributed by atoms with Crippen molar-refractivity contribution in [3.63, 3.8) is 0 Å². The van der Waals surface area contributed by atoms with Crippen molar-refractivity contribution < 1.29 is 19.4 Å². The molecule has 7 heteroatoms. The van der Waals surface area contributed by atoms with Crippen LogP contribution in [0.5, 0.6) is 5.75 Å². The molecule has 20 heavy (non-hydrogen) atoms. The predicted molar refractivity (Wildman–Crippen MR) is 70.9 cm³/mol. The van der Waals surface area contributed by atoms with Crippen molar-refractivity contribution in [1.29, 1.82) is 0 Å². The lowest BCUT2D eigenvalue weighted by Gasteiger charge is -2.19. The summed E-state index contributed by atoms with van der Waals surface area (Å²) in [5, 5.41) is 13.4. The summed E-state index contributed by atoms with van der Waals surface area (Å²) in [6.07, 6.45) is 0. The van der Waals surface area contributed by atoms with E-state index in [-0.39, 0.29) is 12.5 Å². The first-order valence-corrected chi connectivity index (χ1v) is 6.24. The van der Waals surface area contributed by atoms with E-state index in [2.05, 4.69) is 5.10 Å². The SMILES string of the molecule is Cn1nc(C(=O)O)cc1-c1cc2c(cc1Cl)COCO2. The van der Waals surface area contributed by atoms with Crippen LogP contribution >= 0.6 is 11.6 Å². The Bertz CT molecular complexity index is 696. The van der Waals surface area contributed by atoms with Crippen molar-refractivity contribution in [3.8, 4) is 17.0 Å². The molecule has 3 rings (SSSR count). The Hall–Kier alpha value is -2.05. The van der Waals surface area contributed by atoms with Crippen LogP contribution in [0.3, 0.4) is 0 Å². The number of hydrogen-bond acceptors (Lipinski definition) is 4. The van der Waals surface area contributed by atoms with Crippen LogP contribution in [-0.4, -0.2) is 27.6 Å². The molecule has 0 spiro atoms. The van der Waals surface area contributed by atoms with Crippen molar-refractivity contribution >= 4 is 17.6 Å². The third-order valence-corrected chi connectivity index (χ3v) is 3.39. The molecule has 1 aliphatic heterocycles. The van der Waals surface area contributed by atoms with Gasteiger partial charge < -0.3 is 14.6 Å². The van der Waals surface area contributed by atoms with Gasteiger partial charge in [0.05, 0.1) is 17.3 Å². The number of carbonyl (C=O) groups is 1. The zero-order valence-electron chi connectivity index (χ0n) is 10.6. The van der Waals surface area contributed by atoms with Crippen LogP contribution in [0.2, 0.25) is 5.02 Å². The normalized spacial score (nSPS) is 13.7. The van der Waals surface area contributed by atoms with Crippen LogP contribution in [-0.2, 0) is 18.4 Å². The van der Waals surface area contributed by atoms with E-state index >= 15 is 0 Å². The van der Waals surface area contributed by atoms with E-state index in [9.17, 15) is 4.79 Å². The molecule has 0 bridgehead atoms. The van der Waals surface area contributed by atoms with Gasteiger partial charge in [-0.3, -0.25) is 4.68 Å². The van der Waals surface area contributed by atoms with Gasteiger partial charge in [0.1, 0.15) is 5.75 Å². The van der Waals surface area contributed by atoms with Gasteiger partial charge in [-0.1, -0.05) is 11.6 Å². The van der Waals surface area contributed by atoms with E-state index in [1.165, 1.54) is 10.7 Å². The summed E-state index contributed by atoms with van der Waals surface area (Å²) >= 11 is 6.26. The number of nitrogens with zero attached hydrogens (tertiary/aromatic N) is 2. The minimum atomic E-state index is -1.08. The molecule has 0 radical (unpaired) electrons. The zero-order chi connectivity index (χ0) is 14.3. The number of rotatable bonds is 2. The van der Waals surface area contributed by atoms with Crippen LogP contribution in [0.4, 0.5) is 0 Å². The average molecular weight is 295 g/mol. The van der Waals surface area contributed by atoms with Crippen LogP contribution in [0.15, 0.2) is 18.2 Å². The summed E-state index contributed by atoms with van der Waals surface area (Å²) in [5.74, 6) is -0.390. The summed E-state index contributed by atoms with van der Waals surface area (Å²) < 4.78 is 12.1. The molecule has 0 saturated heterocycles. The number of benzene rings is 1. The number of fused-ring (bicyclic) bond motifs is 1. The number of aromatic nitrogens is 2. The van der Waals surface area contributed by atoms with Gasteiger partial charge in [0.15, 0.2) is 12.5 Å². The molecule has 0 saturated carbocycles. The Morgan fingerprint density at radius 2 is 2.25 bits per heavy atom. The van der Waals surface area contributed by atoms with Gasteiger partial charge in [-0.15, -0.1) is 0 Å². The minimum Gasteiger partial charge on any atom is -0.476 e. The lowest BCUT2D eigenvalue weighted by atomic mass is 10.1. The fraction of sp³-hybridized carbons (Fsp3) is 0.231. The van der Waals surface area contributed by atoms with Gasteiger partial charge in [0.2, 0.25) is 0 Å². The standard InChI is InChI=1S/C13H11ClN2O4/c1-16-11(4-10(15-16)13(17)18)8-3-12-7(2-9(8)14)5-19-6-20-12/h2-4H,5-6H2,1H3,(H,17,18). The summed E-state index contributed by atoms with van der Waals surface area (Å²) in [7, 11) is 1.67. The second kappa shape index (κ2) is 4.81. The van der Waals surface area contributed by atoms with Gasteiger partial charge in [0.25, 0.3) is 0 Å². The van der Waals surface area contributed by atoms with Crippen LogP contribution in [0.1, 0.15) is 16.1 Å². The number of aromatic carboxylic acids is 1. The second-order valence-electron chi connectivity index (χ2n) is 4.39. The molecular formula is C13H11ClN2O4. The Kier molecular flexibility index (Phi) is 3.11. The Balaban J connectivity index is 2.12. The highest BCUT2D eigenvalue weighted by atomic mass is 35.5. The van der Waals surface area contributed by atoms with Gasteiger partial charge >= 0.3 is 5.97 Å². The molecule has 0 fully saturated rings. The summed E-state index contributed by atoms with van der Waals surface area (Å²) in [6.45, 7) is 0.640. The summed E-state index contributed by atoms with van der Waals surface area (Å²) in [5.41, 5.74) is 2.13. The first kappa shape index (κ1) is 13.0. The molecule has 2 heterocycles. The van der Waals surface area contributed by atoms with Crippen molar-refractivity contribution in [2.75, 3.05) is 6.79 Å². The molecule has 0 unspecified atom stereocenters. The fourth-order valence-corrected chi connectivity index (χ4v) is 2.40. The first-order chi connectivity index (χ1) is 9.56. The van der Waals surface area contributed by atoms with Gasteiger partial charge in [0, 0.05) is 18.2 Å². The van der Waals surface area contributed by atoms with Crippen LogP contribution < -0.4 is 4.74 Å². The number of halogens is 1. The molecule has 1 N–H and O–H groups in total. The average Bonchev–Trinajstić information content (AvgIpc) is 2.80. The van der Waals surface area contributed by atoms with E-state index in [0.717, 1.165) is 5.56 Å². The maximum absolute atomic E-state index is 11.0. The molecule has 0 amide bonds. The zero-order valence-corrected chi connectivity index (χ0v) is 11.3. The third kappa shape index (κ3) is 2.13. The molecule has 1 aromatic heterocycles. The number of carboxylic acid groups (broad SMARTS) is 1. The highest BCUT2D eigenvalue weighted by Crippen LogP contribution is 2.36. The predicted octanol–water partition coefficient (Wildman–Crippen LogP) is 2.31. The Labute approximate surface area is 119 Å². The topological polar surface area (TPSA) is 73.6 Å². The summed E-state index contributed by atoms with van der Waals surface area (Å²) in [4.78, 5) is 11.0. The molecule has 1 aliphatic rings. The van der Waals surface area contributed by atoms with Gasteiger partial charge in [-0.2, -0.15) is 5.10 Å². The molecule has 0 aliphatic carbocycles. The molecular weight excluding hydrogens is 284 g/mol. The van der Waals surface area contributed by atoms with Crippen LogP contribution in [0.25, 0.3) is 11.3 Å². The fourth-order valence-electron chi connectivity index (χ4n) is 2.12. The maximum atomic E-state index is 11.0. The highest BCUT2D eigenvalue weighted by molar-refractivity contribution is 6.33. The van der Waals surface area contributed by atoms with Crippen molar-refractivity contribution in [2.45, 2.75) is 6.61 Å². The first-order valence-electron chi connectivity index (χ1n) is 5.87. The van der Waals surface area contributed by atoms with Gasteiger partial charge in [-0.25, -0.2) is 4.79 Å². The lowest BCUT2D eigenvalue weighted by Crippen LogP contribution is -2.11. The van der Waals surface area contributed by atoms with Crippen molar-refractivity contribution in [1.82, 2.24) is 9.78 Å². The second-order valence-corrected chi connectivity index (χ2v) is 4.80. The third-order valence-electron chi connectivity index (χ3n) is 3.08. The molecule has 1 aromatic carbocycles. The maximum Gasteiger partial charge on any atom is 0.356 e. The smallest absolute Gasteiger partial charge is 0.356 e. The monoisotopic (exact) mass is 294 g/mol. The number of ether oxygens (including phenoxy) is 2. The largest absolute Gasteiger partial charge is 0.476 e. The lowest BCUT2D eigenvalue weighted by molar-refractivity contribution is -0.0163. The van der Waals surface area contributed by atoms with E-state index in [0.29, 0.717) is 28.6 Å². The Morgan fingerprint density at radius 1 is 1.45 bits per heavy atom. The van der Waals surface area contributed by atoms with Gasteiger partial charge in [-0.05, 0) is 18.2 Å². The quantitative estimate of drug-likeness (QED) is 0.920. The molecule has 104 valence electrons. The van der Waals surface area contributed by atoms with E-state index in [1.807, 2.05) is 0 Å². The van der Waals surface area contributed by atoms with Crippen LogP contribution in [0, 0.1) is 0 Å². The summed E-state index contributed by atoms with van der Waals surface area (Å²) in [6, 6.07) is 5.02. The van der Waals surface area contributed by atoms with E-state index in [4.69, 9.17) is 26.2 Å². The van der Waals surface area contributed by atoms with E-state index < -0.39 is 5.97 Å². The molecule has 0 atom stereocenters.